The van der Waals surface area contributed by atoms with Gasteiger partial charge in [0, 0.05) is 135 Å². The zero-order valence-electron chi connectivity index (χ0n) is 57.1. The van der Waals surface area contributed by atoms with Crippen LogP contribution in [0.25, 0.3) is 0 Å². The van der Waals surface area contributed by atoms with Crippen LogP contribution >= 0.6 is 0 Å². The van der Waals surface area contributed by atoms with Crippen LogP contribution in [-0.4, -0.2) is 252 Å². The lowest BCUT2D eigenvalue weighted by atomic mass is 9.96. The van der Waals surface area contributed by atoms with Crippen molar-refractivity contribution in [1.82, 2.24) is 37.0 Å². The highest BCUT2D eigenvalue weighted by Crippen LogP contribution is 2.31. The van der Waals surface area contributed by atoms with Crippen molar-refractivity contribution in [2.45, 2.75) is 233 Å². The lowest BCUT2D eigenvalue weighted by Gasteiger charge is -2.44. The third-order valence-corrected chi connectivity index (χ3v) is 14.3. The molecule has 36 nitrogen and oxygen atoms in total. The van der Waals surface area contributed by atoms with Crippen LogP contribution in [0.4, 0.5) is 0 Å². The Morgan fingerprint density at radius 1 is 0.361 bits per heavy atom. The number of nitrogens with one attached hydrogen (secondary N) is 6. The Hall–Kier alpha value is -7.74. The molecule has 0 radical (unpaired) electrons. The van der Waals surface area contributed by atoms with Gasteiger partial charge in [-0.15, -0.1) is 0 Å². The van der Waals surface area contributed by atoms with E-state index in [0.29, 0.717) is 51.7 Å². The highest BCUT2D eigenvalue weighted by molar-refractivity contribution is 5.77. The number of unbranched alkanes of at least 4 members (excludes halogenated alkanes) is 2. The molecule has 3 fully saturated rings. The molecule has 0 aromatic carbocycles. The third kappa shape index (κ3) is 32.5. The Morgan fingerprint density at radius 2 is 0.701 bits per heavy atom. The first-order valence-corrected chi connectivity index (χ1v) is 31.9. The number of hydrogen-bond acceptors (Lipinski definition) is 31. The SMILES string of the molecule is CC(=O)NC1C(OC(C)=O)[C@@H](OC(C)=O)C(COC(C)=O)O[C@H]1OCCCCC(=O)NCCCNCCCN(CCCNO[C@@H]1OC(COC(C)=O)[C@H](OC(C)=O)C(OC(C)=O)C1NC(C)=O)C(=O)CCCCO[C@@H]1OC(COC(C)=O)[C@H](OC(C)=O)C(OC(C)=O)C1NC(C)=O. The van der Waals surface area contributed by atoms with Crippen molar-refractivity contribution >= 4 is 83.3 Å². The fourth-order valence-electron chi connectivity index (χ4n) is 10.5. The molecular formula is C61H97N7O29. The van der Waals surface area contributed by atoms with E-state index in [4.69, 9.17) is 71.2 Å². The highest BCUT2D eigenvalue weighted by Gasteiger charge is 2.54. The first kappa shape index (κ1) is 83.5. The number of esters is 9. The smallest absolute Gasteiger partial charge is 0.303 e. The number of nitrogens with zero attached hydrogens (tertiary/aromatic N) is 1. The van der Waals surface area contributed by atoms with Crippen LogP contribution in [0.3, 0.4) is 0 Å². The Labute approximate surface area is 562 Å². The lowest BCUT2D eigenvalue weighted by Crippen LogP contribution is -2.67. The number of carbonyl (C=O) groups is 14. The Morgan fingerprint density at radius 3 is 1.07 bits per heavy atom. The molecule has 9 unspecified atom stereocenters. The maximum absolute atomic E-state index is 14.0. The molecule has 0 spiro atoms. The minimum atomic E-state index is -1.41. The van der Waals surface area contributed by atoms with Gasteiger partial charge in [-0.25, -0.2) is 0 Å². The fraction of sp³-hybridized carbons (Fsp3) is 0.770. The summed E-state index contributed by atoms with van der Waals surface area (Å²) in [5.74, 6) is -8.81. The lowest BCUT2D eigenvalue weighted by molar-refractivity contribution is -0.292. The predicted molar refractivity (Wildman–Crippen MR) is 327 cm³/mol. The third-order valence-electron chi connectivity index (χ3n) is 14.3. The van der Waals surface area contributed by atoms with Gasteiger partial charge in [-0.2, -0.15) is 5.48 Å². The maximum Gasteiger partial charge on any atom is 0.303 e. The molecule has 0 aromatic rings. The fourth-order valence-corrected chi connectivity index (χ4v) is 10.5. The molecule has 0 bridgehead atoms. The van der Waals surface area contributed by atoms with Crippen LogP contribution in [0, 0.1) is 0 Å². The zero-order chi connectivity index (χ0) is 72.3. The molecule has 6 N–H and O–H groups in total. The van der Waals surface area contributed by atoms with Gasteiger partial charge in [0.25, 0.3) is 0 Å². The average Bonchev–Trinajstić information content (AvgIpc) is 0.809. The summed E-state index contributed by atoms with van der Waals surface area (Å²) in [6.07, 6.45) is -12.7. The van der Waals surface area contributed by atoms with Gasteiger partial charge in [0.15, 0.2) is 49.2 Å². The van der Waals surface area contributed by atoms with Crippen LogP contribution in [-0.2, 0) is 138 Å². The first-order chi connectivity index (χ1) is 45.9. The Kier molecular flexibility index (Phi) is 38.1. The molecule has 15 atom stereocenters. The van der Waals surface area contributed by atoms with E-state index in [1.165, 1.54) is 27.7 Å². The largest absolute Gasteiger partial charge is 0.463 e. The van der Waals surface area contributed by atoms with Gasteiger partial charge in [0.2, 0.25) is 35.8 Å². The molecule has 0 saturated carbocycles. The molecule has 0 aromatic heterocycles. The van der Waals surface area contributed by atoms with Crippen LogP contribution in [0.5, 0.6) is 0 Å². The number of amides is 5. The normalized spacial score (nSPS) is 25.1. The number of ether oxygens (including phenoxy) is 14. The summed E-state index contributed by atoms with van der Waals surface area (Å²) in [5, 5.41) is 14.1. The molecule has 3 rings (SSSR count). The van der Waals surface area contributed by atoms with Gasteiger partial charge in [-0.1, -0.05) is 0 Å². The summed E-state index contributed by atoms with van der Waals surface area (Å²) in [6, 6.07) is -3.59. The molecule has 97 heavy (non-hydrogen) atoms. The van der Waals surface area contributed by atoms with Crippen molar-refractivity contribution in [3.8, 4) is 0 Å². The average molecular weight is 1390 g/mol. The summed E-state index contributed by atoms with van der Waals surface area (Å²) in [4.78, 5) is 180. The van der Waals surface area contributed by atoms with Crippen LogP contribution in [0.15, 0.2) is 0 Å². The maximum atomic E-state index is 14.0. The summed E-state index contributed by atoms with van der Waals surface area (Å²) in [7, 11) is 0. The Balaban J connectivity index is 1.65. The van der Waals surface area contributed by atoms with E-state index in [1.807, 2.05) is 0 Å². The molecule has 3 aliphatic heterocycles. The highest BCUT2D eigenvalue weighted by atomic mass is 16.8. The summed E-state index contributed by atoms with van der Waals surface area (Å²) >= 11 is 0. The standard InChI is InChI=1S/C61H97N7O29/c1-33(69)65-50-56(91-42(10)78)53(88-39(7)75)45(30-85-36(4)72)94-59(50)83-28-15-13-20-48(81)63-24-17-22-62-23-18-26-68(27-19-25-64-97-61-52(67-35(3)71)58(93-44(12)80)55(90-41(9)77)47(96-61)32-87-38(6)74)49(82)21-14-16-29-84-60-51(66-34(2)70)57(92-43(11)79)54(89-40(8)76)46(95-60)31-86-37(5)73/h45-47,50-62,64H,13-32H2,1-12H3,(H,63,81)(H,65,69)(H,66,70)(H,67,71)/t45?,46?,47?,50?,51?,52?,53-,54-,55-,56?,57?,58?,59+,60+,61-/m0/s1. The molecule has 3 heterocycles. The number of hydrogen-bond donors (Lipinski definition) is 6. The number of rotatable bonds is 41. The number of carbonyl (C=O) groups excluding carboxylic acids is 14. The molecule has 5 amide bonds. The van der Waals surface area contributed by atoms with Crippen molar-refractivity contribution in [2.75, 3.05) is 72.3 Å². The van der Waals surface area contributed by atoms with E-state index in [0.717, 1.165) is 55.4 Å². The van der Waals surface area contributed by atoms with E-state index in [1.54, 1.807) is 4.90 Å². The molecular weight excluding hydrogens is 1290 g/mol. The minimum absolute atomic E-state index is 0.0268. The van der Waals surface area contributed by atoms with Crippen molar-refractivity contribution in [3.05, 3.63) is 0 Å². The molecule has 36 heteroatoms. The predicted octanol–water partition coefficient (Wildman–Crippen LogP) is -1.45. The number of hydroxylamine groups is 1. The summed E-state index contributed by atoms with van der Waals surface area (Å²) < 4.78 is 78.5. The van der Waals surface area contributed by atoms with E-state index in [9.17, 15) is 67.1 Å². The first-order valence-electron chi connectivity index (χ1n) is 31.9. The quantitative estimate of drug-likeness (QED) is 0.0177. The second-order valence-corrected chi connectivity index (χ2v) is 22.9. The van der Waals surface area contributed by atoms with Crippen LogP contribution in [0.1, 0.15) is 141 Å². The van der Waals surface area contributed by atoms with Gasteiger partial charge in [0.05, 0.1) is 0 Å². The minimum Gasteiger partial charge on any atom is -0.463 e. The Bertz CT molecular complexity index is 2630. The topological polar surface area (TPSA) is 453 Å². The van der Waals surface area contributed by atoms with Crippen LogP contribution < -0.4 is 32.1 Å². The van der Waals surface area contributed by atoms with Crippen molar-refractivity contribution in [1.29, 1.82) is 0 Å². The van der Waals surface area contributed by atoms with Gasteiger partial charge in [-0.05, 0) is 58.0 Å². The second kappa shape index (κ2) is 44.2. The molecule has 3 aliphatic rings. The van der Waals surface area contributed by atoms with Crippen molar-refractivity contribution < 1.29 is 138 Å². The summed E-state index contributed by atoms with van der Waals surface area (Å²) in [6.45, 7) is 14.4. The monoisotopic (exact) mass is 1390 g/mol. The van der Waals surface area contributed by atoms with Gasteiger partial charge >= 0.3 is 53.7 Å². The van der Waals surface area contributed by atoms with E-state index < -0.39 is 183 Å². The van der Waals surface area contributed by atoms with Gasteiger partial charge in [0.1, 0.15) is 56.3 Å². The van der Waals surface area contributed by atoms with E-state index in [-0.39, 0.29) is 70.3 Å². The molecule has 3 saturated heterocycles. The molecule has 0 aliphatic carbocycles. The van der Waals surface area contributed by atoms with Crippen molar-refractivity contribution in [3.63, 3.8) is 0 Å². The zero-order valence-corrected chi connectivity index (χ0v) is 57.1. The second-order valence-electron chi connectivity index (χ2n) is 22.9. The van der Waals surface area contributed by atoms with Gasteiger partial charge < -0.3 is 97.8 Å². The molecule has 550 valence electrons. The van der Waals surface area contributed by atoms with E-state index >= 15 is 0 Å². The van der Waals surface area contributed by atoms with E-state index in [2.05, 4.69) is 32.1 Å². The van der Waals surface area contributed by atoms with Crippen LogP contribution in [0.2, 0.25) is 0 Å². The summed E-state index contributed by atoms with van der Waals surface area (Å²) in [5.41, 5.74) is 2.77. The van der Waals surface area contributed by atoms with Gasteiger partial charge in [-0.3, -0.25) is 72.0 Å². The van der Waals surface area contributed by atoms with Crippen molar-refractivity contribution in [2.24, 2.45) is 0 Å².